The number of aromatic nitrogens is 3. The molecule has 0 spiro atoms. The van der Waals surface area contributed by atoms with Crippen molar-refractivity contribution in [3.05, 3.63) is 70.0 Å². The Morgan fingerprint density at radius 2 is 2.04 bits per heavy atom. The number of nitro groups is 1. The van der Waals surface area contributed by atoms with Crippen LogP contribution in [0.25, 0.3) is 0 Å². The molecule has 0 radical (unpaired) electrons. The van der Waals surface area contributed by atoms with Gasteiger partial charge in [0.05, 0.1) is 4.92 Å². The molecule has 0 saturated heterocycles. The highest BCUT2D eigenvalue weighted by Gasteiger charge is 2.16. The van der Waals surface area contributed by atoms with Crippen LogP contribution in [0.4, 0.5) is 5.69 Å². The molecule has 3 rings (SSSR count). The molecule has 26 heavy (non-hydrogen) atoms. The van der Waals surface area contributed by atoms with E-state index >= 15 is 0 Å². The number of carbonyl (C=O) groups excluding carboxylic acids is 1. The highest BCUT2D eigenvalue weighted by Crippen LogP contribution is 2.31. The van der Waals surface area contributed by atoms with E-state index in [0.29, 0.717) is 21.6 Å². The lowest BCUT2D eigenvalue weighted by Crippen LogP contribution is -1.98. The Morgan fingerprint density at radius 1 is 1.27 bits per heavy atom. The molecule has 1 heterocycles. The molecule has 0 atom stereocenters. The Kier molecular flexibility index (Phi) is 5.28. The summed E-state index contributed by atoms with van der Waals surface area (Å²) in [7, 11) is 0. The highest BCUT2D eigenvalue weighted by atomic mass is 32.2. The zero-order valence-electron chi connectivity index (χ0n) is 13.7. The summed E-state index contributed by atoms with van der Waals surface area (Å²) in [6, 6.07) is 13.4. The first-order valence-corrected chi connectivity index (χ1v) is 8.41. The number of non-ortho nitro benzene ring substituents is 1. The van der Waals surface area contributed by atoms with Gasteiger partial charge < -0.3 is 4.74 Å². The van der Waals surface area contributed by atoms with E-state index in [0.717, 1.165) is 11.8 Å². The summed E-state index contributed by atoms with van der Waals surface area (Å²) >= 11 is 1.15. The normalized spacial score (nSPS) is 10.5. The summed E-state index contributed by atoms with van der Waals surface area (Å²) in [4.78, 5) is 27.0. The van der Waals surface area contributed by atoms with Gasteiger partial charge in [0.25, 0.3) is 5.69 Å². The van der Waals surface area contributed by atoms with E-state index in [1.807, 2.05) is 30.3 Å². The van der Waals surface area contributed by atoms with Crippen LogP contribution >= 0.6 is 11.8 Å². The molecular weight excluding hydrogens is 356 g/mol. The zero-order chi connectivity index (χ0) is 18.5. The Bertz CT molecular complexity index is 943. The predicted molar refractivity (Wildman–Crippen MR) is 94.4 cm³/mol. The molecule has 0 aliphatic carbocycles. The molecule has 1 aromatic heterocycles. The highest BCUT2D eigenvalue weighted by molar-refractivity contribution is 7.99. The molecule has 0 aliphatic rings. The monoisotopic (exact) mass is 370 g/mol. The van der Waals surface area contributed by atoms with Gasteiger partial charge in [0.1, 0.15) is 12.4 Å². The van der Waals surface area contributed by atoms with Crippen LogP contribution in [0.15, 0.2) is 58.6 Å². The largest absolute Gasteiger partial charge is 0.486 e. The number of rotatable bonds is 7. The number of ketones is 1. The minimum atomic E-state index is -0.535. The molecule has 2 aromatic carbocycles. The summed E-state index contributed by atoms with van der Waals surface area (Å²) in [5.41, 5.74) is 0.127. The second-order valence-corrected chi connectivity index (χ2v) is 6.27. The van der Waals surface area contributed by atoms with E-state index in [4.69, 9.17) is 4.74 Å². The molecule has 9 heteroatoms. The van der Waals surface area contributed by atoms with Crippen molar-refractivity contribution >= 4 is 23.2 Å². The van der Waals surface area contributed by atoms with Crippen LogP contribution in [0.5, 0.6) is 5.75 Å². The fourth-order valence-electron chi connectivity index (χ4n) is 2.15. The number of hydrogen-bond acceptors (Lipinski definition) is 7. The van der Waals surface area contributed by atoms with Gasteiger partial charge in [0, 0.05) is 22.6 Å². The first-order valence-electron chi connectivity index (χ1n) is 7.59. The third-order valence-corrected chi connectivity index (χ3v) is 4.33. The summed E-state index contributed by atoms with van der Waals surface area (Å²) in [6.07, 6.45) is 0. The zero-order valence-corrected chi connectivity index (χ0v) is 14.5. The lowest BCUT2D eigenvalue weighted by Gasteiger charge is -2.04. The van der Waals surface area contributed by atoms with Crippen molar-refractivity contribution in [2.45, 2.75) is 23.6 Å². The van der Waals surface area contributed by atoms with Crippen LogP contribution in [0.2, 0.25) is 0 Å². The maximum absolute atomic E-state index is 11.8. The van der Waals surface area contributed by atoms with Gasteiger partial charge in [-0.05, 0) is 36.9 Å². The van der Waals surface area contributed by atoms with E-state index in [1.165, 1.54) is 25.1 Å². The molecule has 8 nitrogen and oxygen atoms in total. The van der Waals surface area contributed by atoms with E-state index in [2.05, 4.69) is 15.2 Å². The van der Waals surface area contributed by atoms with Gasteiger partial charge in [-0.25, -0.2) is 4.98 Å². The Hall–Kier alpha value is -3.20. The first kappa shape index (κ1) is 17.6. The van der Waals surface area contributed by atoms with Gasteiger partial charge in [0.2, 0.25) is 5.16 Å². The quantitative estimate of drug-likeness (QED) is 0.384. The molecule has 0 bridgehead atoms. The van der Waals surface area contributed by atoms with E-state index in [1.54, 1.807) is 0 Å². The van der Waals surface area contributed by atoms with Crippen molar-refractivity contribution in [2.24, 2.45) is 0 Å². The fraction of sp³-hybridized carbons (Fsp3) is 0.118. The van der Waals surface area contributed by atoms with Crippen LogP contribution in [0.3, 0.4) is 0 Å². The number of benzene rings is 2. The number of nitro benzene ring substituents is 1. The second kappa shape index (κ2) is 7.79. The maximum atomic E-state index is 11.8. The van der Waals surface area contributed by atoms with Gasteiger partial charge in [-0.3, -0.25) is 20.0 Å². The Balaban J connectivity index is 1.72. The maximum Gasteiger partial charge on any atom is 0.270 e. The predicted octanol–water partition coefficient (Wildman–Crippen LogP) is 3.65. The van der Waals surface area contributed by atoms with Gasteiger partial charge in [0.15, 0.2) is 11.6 Å². The average molecular weight is 370 g/mol. The fourth-order valence-corrected chi connectivity index (χ4v) is 3.04. The number of nitrogens with one attached hydrogen (secondary N) is 1. The van der Waals surface area contributed by atoms with Crippen molar-refractivity contribution in [3.8, 4) is 5.75 Å². The molecule has 0 unspecified atom stereocenters. The minimum absolute atomic E-state index is 0.133. The number of ether oxygens (including phenoxy) is 1. The number of carbonyl (C=O) groups is 1. The van der Waals surface area contributed by atoms with Gasteiger partial charge in [-0.1, -0.05) is 18.2 Å². The minimum Gasteiger partial charge on any atom is -0.486 e. The molecule has 0 fully saturated rings. The average Bonchev–Trinajstić information content (AvgIpc) is 3.08. The SMILES string of the molecule is CC(=O)c1cc([N+](=O)[O-])ccc1Sc1n[nH]c(COc2ccccc2)n1. The van der Waals surface area contributed by atoms with Gasteiger partial charge in [-0.2, -0.15) is 0 Å². The number of para-hydroxylation sites is 1. The van der Waals surface area contributed by atoms with Crippen LogP contribution in [-0.4, -0.2) is 25.9 Å². The lowest BCUT2D eigenvalue weighted by atomic mass is 10.1. The number of nitrogens with zero attached hydrogens (tertiary/aromatic N) is 3. The molecule has 132 valence electrons. The Labute approximate surface area is 152 Å². The van der Waals surface area contributed by atoms with Crippen LogP contribution in [0.1, 0.15) is 23.1 Å². The topological polar surface area (TPSA) is 111 Å². The van der Waals surface area contributed by atoms with E-state index in [-0.39, 0.29) is 23.6 Å². The number of H-pyrrole nitrogens is 1. The summed E-state index contributed by atoms with van der Waals surface area (Å²) in [5.74, 6) is 0.981. The van der Waals surface area contributed by atoms with Crippen molar-refractivity contribution in [1.29, 1.82) is 0 Å². The molecular formula is C17H14N4O4S. The van der Waals surface area contributed by atoms with Crippen LogP contribution in [0, 0.1) is 10.1 Å². The van der Waals surface area contributed by atoms with Gasteiger partial charge >= 0.3 is 0 Å². The van der Waals surface area contributed by atoms with Crippen LogP contribution < -0.4 is 4.74 Å². The van der Waals surface area contributed by atoms with E-state index in [9.17, 15) is 14.9 Å². The van der Waals surface area contributed by atoms with E-state index < -0.39 is 4.92 Å². The lowest BCUT2D eigenvalue weighted by molar-refractivity contribution is -0.384. The third kappa shape index (κ3) is 4.25. The molecule has 0 aliphatic heterocycles. The second-order valence-electron chi connectivity index (χ2n) is 5.26. The van der Waals surface area contributed by atoms with Crippen molar-refractivity contribution in [1.82, 2.24) is 15.2 Å². The summed E-state index contributed by atoms with van der Waals surface area (Å²) in [6.45, 7) is 1.58. The number of Topliss-reactive ketones (excluding diaryl/α,β-unsaturated/α-hetero) is 1. The third-order valence-electron chi connectivity index (χ3n) is 3.38. The molecule has 1 N–H and O–H groups in total. The molecule has 0 amide bonds. The van der Waals surface area contributed by atoms with Crippen molar-refractivity contribution in [3.63, 3.8) is 0 Å². The first-order chi connectivity index (χ1) is 12.5. The van der Waals surface area contributed by atoms with Gasteiger partial charge in [-0.15, -0.1) is 5.10 Å². The van der Waals surface area contributed by atoms with Crippen LogP contribution in [-0.2, 0) is 6.61 Å². The standard InChI is InChI=1S/C17H14N4O4S/c1-11(22)14-9-12(21(23)24)7-8-15(14)26-17-18-16(19-20-17)10-25-13-5-3-2-4-6-13/h2-9H,10H2,1H3,(H,18,19,20). The molecule has 3 aromatic rings. The summed E-state index contributed by atoms with van der Waals surface area (Å²) < 4.78 is 5.59. The Morgan fingerprint density at radius 3 is 2.73 bits per heavy atom. The molecule has 0 saturated carbocycles. The van der Waals surface area contributed by atoms with Crippen molar-refractivity contribution in [2.75, 3.05) is 0 Å². The smallest absolute Gasteiger partial charge is 0.270 e. The summed E-state index contributed by atoms with van der Waals surface area (Å²) in [5, 5.41) is 18.1. The number of hydrogen-bond donors (Lipinski definition) is 1. The van der Waals surface area contributed by atoms with Crippen molar-refractivity contribution < 1.29 is 14.5 Å². The number of aromatic amines is 1.